The molecule has 0 aliphatic carbocycles. The lowest BCUT2D eigenvalue weighted by atomic mass is 10.0. The summed E-state index contributed by atoms with van der Waals surface area (Å²) in [5, 5.41) is 13.7. The highest BCUT2D eigenvalue weighted by Crippen LogP contribution is 2.29. The molecule has 232 valence electrons. The molecule has 0 saturated carbocycles. The average Bonchev–Trinajstić information content (AvgIpc) is 2.84. The maximum absolute atomic E-state index is 12.5. The van der Waals surface area contributed by atoms with Crippen molar-refractivity contribution in [3.05, 3.63) is 83.4 Å². The number of aliphatic hydroxyl groups is 1. The third-order valence-corrected chi connectivity index (χ3v) is 6.82. The topological polar surface area (TPSA) is 151 Å². The third kappa shape index (κ3) is 12.2. The van der Waals surface area contributed by atoms with Crippen LogP contribution in [-0.2, 0) is 26.5 Å². The van der Waals surface area contributed by atoms with Gasteiger partial charge < -0.3 is 15.2 Å². The lowest BCUT2D eigenvalue weighted by Crippen LogP contribution is -2.30. The van der Waals surface area contributed by atoms with Gasteiger partial charge in [-0.2, -0.15) is 0 Å². The first-order valence-electron chi connectivity index (χ1n) is 12.6. The Hall–Kier alpha value is -2.87. The molecular formula is C28H37Cl2N3O7S2. The van der Waals surface area contributed by atoms with E-state index in [0.717, 1.165) is 35.6 Å². The van der Waals surface area contributed by atoms with Crippen molar-refractivity contribution in [3.63, 3.8) is 0 Å². The largest absolute Gasteiger partial charge is 0.490 e. The predicted molar refractivity (Wildman–Crippen MR) is 171 cm³/mol. The highest BCUT2D eigenvalue weighted by molar-refractivity contribution is 7.92. The van der Waals surface area contributed by atoms with E-state index in [9.17, 15) is 26.7 Å². The lowest BCUT2D eigenvalue weighted by molar-refractivity contribution is 0.0976. The lowest BCUT2D eigenvalue weighted by Gasteiger charge is -2.16. The Balaban J connectivity index is 0.00000441. The second-order valence-electron chi connectivity index (χ2n) is 9.75. The summed E-state index contributed by atoms with van der Waals surface area (Å²) in [6.07, 6.45) is 1.69. The highest BCUT2D eigenvalue weighted by atomic mass is 35.5. The summed E-state index contributed by atoms with van der Waals surface area (Å²) in [6, 6.07) is 19.5. The third-order valence-electron chi connectivity index (χ3n) is 5.66. The number of ether oxygens (including phenoxy) is 1. The zero-order valence-corrected chi connectivity index (χ0v) is 26.9. The van der Waals surface area contributed by atoms with Gasteiger partial charge in [0, 0.05) is 12.2 Å². The molecule has 0 radical (unpaired) electrons. The van der Waals surface area contributed by atoms with Crippen molar-refractivity contribution >= 4 is 56.5 Å². The Kier molecular flexibility index (Phi) is 14.2. The maximum atomic E-state index is 12.5. The molecule has 4 N–H and O–H groups in total. The second-order valence-corrected chi connectivity index (χ2v) is 13.2. The molecule has 0 bridgehead atoms. The summed E-state index contributed by atoms with van der Waals surface area (Å²) in [4.78, 5) is 12.5. The van der Waals surface area contributed by atoms with Crippen molar-refractivity contribution < 1.29 is 31.5 Å². The number of carbonyl (C=O) groups excluding carboxylic acids is 1. The minimum Gasteiger partial charge on any atom is -0.490 e. The van der Waals surface area contributed by atoms with Gasteiger partial charge in [0.05, 0.1) is 30.3 Å². The Labute approximate surface area is 260 Å². The van der Waals surface area contributed by atoms with E-state index < -0.39 is 32.1 Å². The second kappa shape index (κ2) is 16.1. The van der Waals surface area contributed by atoms with Crippen molar-refractivity contribution in [1.82, 2.24) is 10.0 Å². The molecule has 0 aromatic heterocycles. The average molecular weight is 663 g/mol. The summed E-state index contributed by atoms with van der Waals surface area (Å²) in [7, 11) is -7.12. The van der Waals surface area contributed by atoms with Crippen molar-refractivity contribution in [1.29, 1.82) is 0 Å². The quantitative estimate of drug-likeness (QED) is 0.201. The van der Waals surface area contributed by atoms with Crippen LogP contribution in [0, 0.1) is 0 Å². The van der Waals surface area contributed by atoms with Crippen LogP contribution in [-0.4, -0.2) is 59.6 Å². The number of amides is 1. The molecule has 1 atom stereocenters. The number of rotatable bonds is 13. The van der Waals surface area contributed by atoms with Crippen LogP contribution < -0.4 is 19.5 Å². The van der Waals surface area contributed by atoms with Crippen molar-refractivity contribution in [2.45, 2.75) is 32.5 Å². The Morgan fingerprint density at radius 1 is 0.881 bits per heavy atom. The van der Waals surface area contributed by atoms with Gasteiger partial charge in [0.1, 0.15) is 5.75 Å². The number of hydrogen-bond donors (Lipinski definition) is 4. The van der Waals surface area contributed by atoms with Crippen LogP contribution in [0.3, 0.4) is 0 Å². The normalized spacial score (nSPS) is 12.0. The van der Waals surface area contributed by atoms with Crippen LogP contribution in [0.2, 0.25) is 0 Å². The Morgan fingerprint density at radius 2 is 1.52 bits per heavy atom. The Bertz CT molecular complexity index is 1550. The van der Waals surface area contributed by atoms with E-state index in [1.54, 1.807) is 42.5 Å². The number of anilines is 1. The van der Waals surface area contributed by atoms with E-state index >= 15 is 0 Å². The van der Waals surface area contributed by atoms with Crippen molar-refractivity contribution in [2.75, 3.05) is 30.3 Å². The van der Waals surface area contributed by atoms with Gasteiger partial charge in [-0.15, -0.1) is 24.8 Å². The van der Waals surface area contributed by atoms with Gasteiger partial charge in [0.2, 0.25) is 20.0 Å². The van der Waals surface area contributed by atoms with E-state index in [-0.39, 0.29) is 42.2 Å². The fourth-order valence-electron chi connectivity index (χ4n) is 3.94. The van der Waals surface area contributed by atoms with Gasteiger partial charge in [-0.3, -0.25) is 9.52 Å². The molecular weight excluding hydrogens is 625 g/mol. The van der Waals surface area contributed by atoms with E-state index in [1.807, 2.05) is 42.8 Å². The van der Waals surface area contributed by atoms with Gasteiger partial charge in [-0.05, 0) is 73.3 Å². The zero-order valence-electron chi connectivity index (χ0n) is 23.7. The first-order valence-corrected chi connectivity index (χ1v) is 16.4. The van der Waals surface area contributed by atoms with Gasteiger partial charge in [-0.25, -0.2) is 21.6 Å². The monoisotopic (exact) mass is 661 g/mol. The molecule has 1 amide bonds. The number of carbonyl (C=O) groups is 1. The van der Waals surface area contributed by atoms with E-state index in [2.05, 4.69) is 10.0 Å². The van der Waals surface area contributed by atoms with Gasteiger partial charge in [0.25, 0.3) is 5.91 Å². The standard InChI is InChI=1S/C28H35N3O7S2.2ClH/c1-19(2)38-27-17-22(12-13-25(27)28(33)31-40(4,36)37)21-10-8-20(9-11-21)14-15-29-18-26(32)23-6-5-7-24(16-23)30-39(3,34)35;;/h5-13,16-17,19,26,29-30,32H,14-15,18H2,1-4H3,(H,31,33);2*1H/t26-;;/m0../s1. The number of aliphatic hydroxyl groups excluding tert-OH is 1. The summed E-state index contributed by atoms with van der Waals surface area (Å²) in [5.41, 5.74) is 3.92. The molecule has 0 fully saturated rings. The molecule has 3 rings (SSSR count). The first kappa shape index (κ1) is 37.2. The molecule has 0 spiro atoms. The van der Waals surface area contributed by atoms with Crippen molar-refractivity contribution in [2.24, 2.45) is 0 Å². The van der Waals surface area contributed by atoms with Gasteiger partial charge >= 0.3 is 0 Å². The number of nitrogens with one attached hydrogen (secondary N) is 3. The zero-order chi connectivity index (χ0) is 29.5. The highest BCUT2D eigenvalue weighted by Gasteiger charge is 2.18. The van der Waals surface area contributed by atoms with Crippen LogP contribution in [0.5, 0.6) is 5.75 Å². The molecule has 42 heavy (non-hydrogen) atoms. The van der Waals surface area contributed by atoms with E-state index in [4.69, 9.17) is 4.74 Å². The SMILES string of the molecule is CC(C)Oc1cc(-c2ccc(CCNC[C@H](O)c3cccc(NS(C)(=O)=O)c3)cc2)ccc1C(=O)NS(C)(=O)=O.Cl.Cl. The molecule has 3 aromatic rings. The van der Waals surface area contributed by atoms with E-state index in [1.165, 1.54) is 0 Å². The molecule has 0 aliphatic rings. The number of sulfonamides is 2. The van der Waals surface area contributed by atoms with Crippen LogP contribution >= 0.6 is 24.8 Å². The fourth-order valence-corrected chi connectivity index (χ4v) is 4.94. The number of hydrogen-bond acceptors (Lipinski definition) is 8. The Morgan fingerprint density at radius 3 is 2.12 bits per heavy atom. The molecule has 10 nitrogen and oxygen atoms in total. The first-order chi connectivity index (χ1) is 18.7. The van der Waals surface area contributed by atoms with Crippen LogP contribution in [0.1, 0.15) is 41.4 Å². The predicted octanol–water partition coefficient (Wildman–Crippen LogP) is 3.91. The maximum Gasteiger partial charge on any atom is 0.268 e. The number of halogens is 2. The molecule has 0 aliphatic heterocycles. The van der Waals surface area contributed by atoms with Gasteiger partial charge in [-0.1, -0.05) is 42.5 Å². The van der Waals surface area contributed by atoms with Crippen LogP contribution in [0.4, 0.5) is 5.69 Å². The molecule has 14 heteroatoms. The summed E-state index contributed by atoms with van der Waals surface area (Å²) >= 11 is 0. The molecule has 3 aromatic carbocycles. The minimum atomic E-state index is -3.72. The van der Waals surface area contributed by atoms with Crippen LogP contribution in [0.25, 0.3) is 11.1 Å². The summed E-state index contributed by atoms with van der Waals surface area (Å²) in [5.74, 6) is -0.464. The van der Waals surface area contributed by atoms with E-state index in [0.29, 0.717) is 24.3 Å². The summed E-state index contributed by atoms with van der Waals surface area (Å²) < 4.78 is 56.1. The van der Waals surface area contributed by atoms with Gasteiger partial charge in [0.15, 0.2) is 0 Å². The van der Waals surface area contributed by atoms with Crippen molar-refractivity contribution in [3.8, 4) is 16.9 Å². The number of benzene rings is 3. The molecule has 0 saturated heterocycles. The molecule has 0 heterocycles. The summed E-state index contributed by atoms with van der Waals surface area (Å²) in [6.45, 7) is 4.56. The minimum absolute atomic E-state index is 0. The van der Waals surface area contributed by atoms with Crippen LogP contribution in [0.15, 0.2) is 66.7 Å². The smallest absolute Gasteiger partial charge is 0.268 e. The molecule has 0 unspecified atom stereocenters. The fraction of sp³-hybridized carbons (Fsp3) is 0.321.